The molecule has 0 aromatic heterocycles. The van der Waals surface area contributed by atoms with E-state index in [1.165, 1.54) is 5.57 Å². The maximum atomic E-state index is 10.4. The lowest BCUT2D eigenvalue weighted by Gasteiger charge is -2.25. The van der Waals surface area contributed by atoms with Crippen molar-refractivity contribution in [1.29, 1.82) is 0 Å². The number of carboxylic acid groups (broad SMARTS) is 1. The maximum Gasteiger partial charge on any atom is 0.307 e. The van der Waals surface area contributed by atoms with Crippen LogP contribution >= 0.6 is 0 Å². The molecule has 1 aliphatic carbocycles. The fourth-order valence-corrected chi connectivity index (χ4v) is 1.36. The number of hydrogen-bond acceptors (Lipinski definition) is 1. The number of hydrogen-bond donors (Lipinski definition) is 1. The average molecular weight is 154 g/mol. The zero-order chi connectivity index (χ0) is 8.43. The first kappa shape index (κ1) is 8.31. The second kappa shape index (κ2) is 3.07. The van der Waals surface area contributed by atoms with Crippen LogP contribution in [0.3, 0.4) is 0 Å². The van der Waals surface area contributed by atoms with Crippen molar-refractivity contribution >= 4 is 5.97 Å². The van der Waals surface area contributed by atoms with Gasteiger partial charge in [0, 0.05) is 0 Å². The molecular formula is C9H14O2. The van der Waals surface area contributed by atoms with Gasteiger partial charge in [0.25, 0.3) is 0 Å². The van der Waals surface area contributed by atoms with Crippen molar-refractivity contribution in [3.8, 4) is 0 Å². The largest absolute Gasteiger partial charge is 0.481 e. The van der Waals surface area contributed by atoms with Crippen molar-refractivity contribution in [1.82, 2.24) is 0 Å². The van der Waals surface area contributed by atoms with Gasteiger partial charge in [0.05, 0.1) is 5.92 Å². The Morgan fingerprint density at radius 1 is 1.64 bits per heavy atom. The van der Waals surface area contributed by atoms with Crippen LogP contribution in [0.4, 0.5) is 0 Å². The predicted molar refractivity (Wildman–Crippen MR) is 43.3 cm³/mol. The summed E-state index contributed by atoms with van der Waals surface area (Å²) < 4.78 is 0. The smallest absolute Gasteiger partial charge is 0.307 e. The number of carbonyl (C=O) groups is 1. The first-order chi connectivity index (χ1) is 5.09. The Labute approximate surface area is 66.9 Å². The Morgan fingerprint density at radius 3 is 2.55 bits per heavy atom. The van der Waals surface area contributed by atoms with Crippen molar-refractivity contribution in [2.45, 2.75) is 26.7 Å². The average Bonchev–Trinajstić information content (AvgIpc) is 1.75. The molecule has 1 aliphatic rings. The summed E-state index contributed by atoms with van der Waals surface area (Å²) in [5, 5.41) is 8.56. The van der Waals surface area contributed by atoms with Crippen molar-refractivity contribution in [3.63, 3.8) is 0 Å². The van der Waals surface area contributed by atoms with E-state index in [1.54, 1.807) is 0 Å². The fraction of sp³-hybridized carbons (Fsp3) is 0.667. The van der Waals surface area contributed by atoms with E-state index in [0.717, 1.165) is 12.8 Å². The van der Waals surface area contributed by atoms with Gasteiger partial charge in [-0.3, -0.25) is 4.79 Å². The van der Waals surface area contributed by atoms with Crippen LogP contribution in [0, 0.1) is 11.8 Å². The Balaban J connectivity index is 2.34. The normalized spacial score (nSPS) is 23.2. The van der Waals surface area contributed by atoms with Crippen LogP contribution in [0.5, 0.6) is 0 Å². The van der Waals surface area contributed by atoms with Crippen LogP contribution < -0.4 is 0 Å². The zero-order valence-corrected chi connectivity index (χ0v) is 7.00. The quantitative estimate of drug-likeness (QED) is 0.618. The minimum absolute atomic E-state index is 0.0972. The molecule has 1 rings (SSSR count). The lowest BCUT2D eigenvalue weighted by atomic mass is 9.79. The van der Waals surface area contributed by atoms with E-state index in [2.05, 4.69) is 19.9 Å². The highest BCUT2D eigenvalue weighted by molar-refractivity contribution is 5.72. The van der Waals surface area contributed by atoms with Gasteiger partial charge in [-0.1, -0.05) is 25.5 Å². The van der Waals surface area contributed by atoms with Crippen LogP contribution in [-0.2, 0) is 4.79 Å². The van der Waals surface area contributed by atoms with E-state index in [1.807, 2.05) is 0 Å². The van der Waals surface area contributed by atoms with Gasteiger partial charge in [0.2, 0.25) is 0 Å². The summed E-state index contributed by atoms with van der Waals surface area (Å²) >= 11 is 0. The molecular weight excluding hydrogens is 140 g/mol. The topological polar surface area (TPSA) is 37.3 Å². The SMILES string of the molecule is CC(C)C=C1CC(C(=O)O)C1. The minimum Gasteiger partial charge on any atom is -0.481 e. The van der Waals surface area contributed by atoms with Crippen molar-refractivity contribution in [2.75, 3.05) is 0 Å². The Kier molecular flexibility index (Phi) is 2.32. The summed E-state index contributed by atoms with van der Waals surface area (Å²) in [4.78, 5) is 10.4. The first-order valence-corrected chi connectivity index (χ1v) is 4.02. The van der Waals surface area contributed by atoms with Crippen LogP contribution in [0.25, 0.3) is 0 Å². The van der Waals surface area contributed by atoms with Gasteiger partial charge in [0.15, 0.2) is 0 Å². The summed E-state index contributed by atoms with van der Waals surface area (Å²) in [6.07, 6.45) is 3.71. The monoisotopic (exact) mass is 154 g/mol. The molecule has 0 unspecified atom stereocenters. The minimum atomic E-state index is -0.647. The molecule has 62 valence electrons. The summed E-state index contributed by atoms with van der Waals surface area (Å²) in [6.45, 7) is 4.22. The summed E-state index contributed by atoms with van der Waals surface area (Å²) in [5.74, 6) is -0.189. The molecule has 2 nitrogen and oxygen atoms in total. The third-order valence-corrected chi connectivity index (χ3v) is 1.94. The van der Waals surface area contributed by atoms with Crippen LogP contribution in [0.15, 0.2) is 11.6 Å². The molecule has 1 saturated carbocycles. The number of carboxylic acids is 1. The van der Waals surface area contributed by atoms with Gasteiger partial charge in [-0.2, -0.15) is 0 Å². The first-order valence-electron chi connectivity index (χ1n) is 4.02. The van der Waals surface area contributed by atoms with Crippen LogP contribution in [-0.4, -0.2) is 11.1 Å². The lowest BCUT2D eigenvalue weighted by Crippen LogP contribution is -2.23. The van der Waals surface area contributed by atoms with Gasteiger partial charge in [-0.25, -0.2) is 0 Å². The molecule has 0 bridgehead atoms. The second-order valence-electron chi connectivity index (χ2n) is 3.51. The van der Waals surface area contributed by atoms with E-state index < -0.39 is 5.97 Å². The van der Waals surface area contributed by atoms with Gasteiger partial charge in [-0.15, -0.1) is 0 Å². The number of allylic oxidation sites excluding steroid dienone is 2. The van der Waals surface area contributed by atoms with Gasteiger partial charge >= 0.3 is 5.97 Å². The molecule has 0 heterocycles. The highest BCUT2D eigenvalue weighted by Gasteiger charge is 2.28. The van der Waals surface area contributed by atoms with E-state index in [9.17, 15) is 4.79 Å². The van der Waals surface area contributed by atoms with E-state index >= 15 is 0 Å². The highest BCUT2D eigenvalue weighted by Crippen LogP contribution is 2.33. The van der Waals surface area contributed by atoms with Gasteiger partial charge < -0.3 is 5.11 Å². The second-order valence-corrected chi connectivity index (χ2v) is 3.51. The molecule has 11 heavy (non-hydrogen) atoms. The molecule has 0 aliphatic heterocycles. The van der Waals surface area contributed by atoms with E-state index in [4.69, 9.17) is 5.11 Å². The highest BCUT2D eigenvalue weighted by atomic mass is 16.4. The van der Waals surface area contributed by atoms with Crippen LogP contribution in [0.2, 0.25) is 0 Å². The molecule has 0 aromatic rings. The summed E-state index contributed by atoms with van der Waals surface area (Å²) in [5.41, 5.74) is 1.31. The third-order valence-electron chi connectivity index (χ3n) is 1.94. The number of rotatable bonds is 2. The molecule has 0 aromatic carbocycles. The molecule has 0 saturated heterocycles. The molecule has 2 heteroatoms. The number of aliphatic carboxylic acids is 1. The Morgan fingerprint density at radius 2 is 2.18 bits per heavy atom. The van der Waals surface area contributed by atoms with Crippen LogP contribution in [0.1, 0.15) is 26.7 Å². The molecule has 1 N–H and O–H groups in total. The molecule has 1 fully saturated rings. The van der Waals surface area contributed by atoms with Crippen molar-refractivity contribution in [2.24, 2.45) is 11.8 Å². The van der Waals surface area contributed by atoms with E-state index in [0.29, 0.717) is 5.92 Å². The van der Waals surface area contributed by atoms with Crippen molar-refractivity contribution < 1.29 is 9.90 Å². The van der Waals surface area contributed by atoms with Gasteiger partial charge in [-0.05, 0) is 18.8 Å². The summed E-state index contributed by atoms with van der Waals surface area (Å²) in [7, 11) is 0. The Bertz CT molecular complexity index is 184. The van der Waals surface area contributed by atoms with E-state index in [-0.39, 0.29) is 5.92 Å². The van der Waals surface area contributed by atoms with Crippen molar-refractivity contribution in [3.05, 3.63) is 11.6 Å². The zero-order valence-electron chi connectivity index (χ0n) is 7.00. The fourth-order valence-electron chi connectivity index (χ4n) is 1.36. The molecule has 0 atom stereocenters. The lowest BCUT2D eigenvalue weighted by molar-refractivity contribution is -0.143. The third kappa shape index (κ3) is 2.07. The Hall–Kier alpha value is -0.790. The summed E-state index contributed by atoms with van der Waals surface area (Å²) in [6, 6.07) is 0. The van der Waals surface area contributed by atoms with Gasteiger partial charge in [0.1, 0.15) is 0 Å². The standard InChI is InChI=1S/C9H14O2/c1-6(2)3-7-4-8(5-7)9(10)11/h3,6,8H,4-5H2,1-2H3,(H,10,11). The molecule has 0 radical (unpaired) electrons. The predicted octanol–water partition coefficient (Wildman–Crippen LogP) is 2.06. The molecule has 0 spiro atoms. The molecule has 0 amide bonds. The maximum absolute atomic E-state index is 10.4.